The molecular formula is C16H24N3O2P. The van der Waals surface area contributed by atoms with E-state index in [0.29, 0.717) is 0 Å². The van der Waals surface area contributed by atoms with Crippen LogP contribution in [0.25, 0.3) is 0 Å². The first-order valence-electron chi connectivity index (χ1n) is 7.09. The van der Waals surface area contributed by atoms with Crippen LogP contribution in [0.3, 0.4) is 0 Å². The summed E-state index contributed by atoms with van der Waals surface area (Å²) in [6, 6.07) is 11.8. The molecule has 0 aliphatic rings. The van der Waals surface area contributed by atoms with Crippen molar-refractivity contribution in [3.8, 4) is 5.75 Å². The molecule has 0 amide bonds. The highest BCUT2D eigenvalue weighted by molar-refractivity contribution is 7.69. The highest BCUT2D eigenvalue weighted by atomic mass is 31.2. The van der Waals surface area contributed by atoms with Crippen LogP contribution in [0.1, 0.15) is 5.76 Å². The van der Waals surface area contributed by atoms with Crippen molar-refractivity contribution in [3.05, 3.63) is 42.2 Å². The number of aryl methyl sites for hydroxylation is 1. The zero-order valence-electron chi connectivity index (χ0n) is 14.1. The van der Waals surface area contributed by atoms with Gasteiger partial charge in [-0.15, -0.1) is 0 Å². The van der Waals surface area contributed by atoms with E-state index in [0.717, 1.165) is 22.7 Å². The molecule has 0 atom stereocenters. The lowest BCUT2D eigenvalue weighted by Gasteiger charge is -2.34. The van der Waals surface area contributed by atoms with Gasteiger partial charge in [0, 0.05) is 0 Å². The molecule has 1 aromatic heterocycles. The van der Waals surface area contributed by atoms with Crippen molar-refractivity contribution >= 4 is 18.5 Å². The van der Waals surface area contributed by atoms with Gasteiger partial charge in [0.2, 0.25) is 0 Å². The molecule has 22 heavy (non-hydrogen) atoms. The highest BCUT2D eigenvalue weighted by Gasteiger charge is 2.32. The van der Waals surface area contributed by atoms with Gasteiger partial charge in [0.15, 0.2) is 12.9 Å². The van der Waals surface area contributed by atoms with Crippen molar-refractivity contribution < 1.29 is 9.15 Å². The molecule has 0 N–H and O–H groups in total. The predicted molar refractivity (Wildman–Crippen MR) is 92.5 cm³/mol. The van der Waals surface area contributed by atoms with Crippen LogP contribution in [0.2, 0.25) is 0 Å². The summed E-state index contributed by atoms with van der Waals surface area (Å²) in [5.74, 6) is 1.65. The summed E-state index contributed by atoms with van der Waals surface area (Å²) in [5, 5.41) is 0. The van der Waals surface area contributed by atoms with Gasteiger partial charge in [-0.05, 0) is 59.4 Å². The number of rotatable bonds is 5. The first kappa shape index (κ1) is 16.8. The van der Waals surface area contributed by atoms with E-state index in [1.165, 1.54) is 0 Å². The van der Waals surface area contributed by atoms with Crippen molar-refractivity contribution in [2.75, 3.05) is 35.3 Å². The van der Waals surface area contributed by atoms with Crippen LogP contribution < -0.4 is 10.2 Å². The molecule has 2 rings (SSSR count). The number of furan rings is 1. The Hall–Kier alpha value is -1.55. The van der Waals surface area contributed by atoms with Crippen molar-refractivity contribution in [2.45, 2.75) is 6.92 Å². The first-order valence-corrected chi connectivity index (χ1v) is 8.74. The van der Waals surface area contributed by atoms with E-state index in [2.05, 4.69) is 9.34 Å². The number of hydrogen-bond donors (Lipinski definition) is 0. The number of hydrogen-bond acceptors (Lipinski definition) is 3. The molecule has 0 saturated carbocycles. The van der Waals surface area contributed by atoms with Crippen LogP contribution in [-0.2, 0) is 0 Å². The van der Waals surface area contributed by atoms with Gasteiger partial charge < -0.3 is 9.15 Å². The zero-order valence-corrected chi connectivity index (χ0v) is 15.0. The highest BCUT2D eigenvalue weighted by Crippen LogP contribution is 2.55. The third kappa shape index (κ3) is 2.98. The second kappa shape index (κ2) is 6.69. The minimum atomic E-state index is -2.19. The number of methoxy groups -OCH3 is 1. The van der Waals surface area contributed by atoms with E-state index in [-0.39, 0.29) is 0 Å². The summed E-state index contributed by atoms with van der Waals surface area (Å²) >= 11 is 0. The van der Waals surface area contributed by atoms with E-state index in [9.17, 15) is 0 Å². The Bertz CT molecular complexity index is 680. The fraction of sp³-hybridized carbons (Fsp3) is 0.375. The lowest BCUT2D eigenvalue weighted by atomic mass is 10.3. The van der Waals surface area contributed by atoms with Crippen LogP contribution >= 0.6 is 7.36 Å². The molecule has 0 radical (unpaired) electrons. The van der Waals surface area contributed by atoms with Crippen molar-refractivity contribution in [1.82, 2.24) is 9.34 Å². The molecule has 0 spiro atoms. The Morgan fingerprint density at radius 3 is 2.14 bits per heavy atom. The topological polar surface area (TPSA) is 41.2 Å². The van der Waals surface area contributed by atoms with Crippen molar-refractivity contribution in [3.63, 3.8) is 0 Å². The smallest absolute Gasteiger partial charge is 0.172 e. The lowest BCUT2D eigenvalue weighted by Crippen LogP contribution is -2.28. The number of nitrogens with zero attached hydrogens (tertiary/aromatic N) is 3. The molecule has 0 saturated heterocycles. The van der Waals surface area contributed by atoms with Gasteiger partial charge in [0.25, 0.3) is 0 Å². The molecule has 1 heterocycles. The summed E-state index contributed by atoms with van der Waals surface area (Å²) in [5.41, 5.74) is 1.71. The Morgan fingerprint density at radius 2 is 1.64 bits per heavy atom. The molecule has 120 valence electrons. The van der Waals surface area contributed by atoms with Gasteiger partial charge in [-0.1, -0.05) is 12.1 Å². The maximum absolute atomic E-state index is 5.95. The average Bonchev–Trinajstić information content (AvgIpc) is 2.91. The van der Waals surface area contributed by atoms with Crippen LogP contribution in [0.5, 0.6) is 5.75 Å². The lowest BCUT2D eigenvalue weighted by molar-refractivity contribution is 0.416. The van der Waals surface area contributed by atoms with Gasteiger partial charge in [0.05, 0.1) is 7.11 Å². The summed E-state index contributed by atoms with van der Waals surface area (Å²) in [7, 11) is 7.60. The molecule has 5 nitrogen and oxygen atoms in total. The summed E-state index contributed by atoms with van der Waals surface area (Å²) in [4.78, 5) is 0. The van der Waals surface area contributed by atoms with E-state index < -0.39 is 7.36 Å². The van der Waals surface area contributed by atoms with Crippen LogP contribution in [0, 0.1) is 6.92 Å². The molecule has 2 aromatic rings. The zero-order chi connectivity index (χ0) is 16.3. The van der Waals surface area contributed by atoms with Crippen molar-refractivity contribution in [1.29, 1.82) is 0 Å². The second-order valence-electron chi connectivity index (χ2n) is 5.42. The number of benzene rings is 1. The van der Waals surface area contributed by atoms with Gasteiger partial charge >= 0.3 is 0 Å². The largest absolute Gasteiger partial charge is 0.494 e. The Kier molecular flexibility index (Phi) is 5.12. The summed E-state index contributed by atoms with van der Waals surface area (Å²) < 4.78 is 20.8. The molecule has 0 unspecified atom stereocenters. The molecular weight excluding hydrogens is 297 g/mol. The third-order valence-electron chi connectivity index (χ3n) is 3.47. The molecule has 0 bridgehead atoms. The van der Waals surface area contributed by atoms with Gasteiger partial charge in [0.1, 0.15) is 17.2 Å². The fourth-order valence-corrected chi connectivity index (χ4v) is 5.39. The predicted octanol–water partition coefficient (Wildman–Crippen LogP) is 3.71. The normalized spacial score (nSPS) is 12.0. The molecule has 0 aliphatic carbocycles. The molecule has 0 fully saturated rings. The first-order chi connectivity index (χ1) is 10.4. The Balaban J connectivity index is 2.75. The molecule has 6 heteroatoms. The third-order valence-corrected chi connectivity index (χ3v) is 7.03. The van der Waals surface area contributed by atoms with Crippen LogP contribution in [-0.4, -0.2) is 44.6 Å². The Labute approximate surface area is 132 Å². The van der Waals surface area contributed by atoms with Crippen molar-refractivity contribution in [2.24, 2.45) is 4.74 Å². The van der Waals surface area contributed by atoms with E-state index in [1.54, 1.807) is 7.11 Å². The number of ether oxygens (including phenoxy) is 1. The summed E-state index contributed by atoms with van der Waals surface area (Å²) in [6.45, 7) is 1.95. The molecule has 1 aromatic carbocycles. The maximum Gasteiger partial charge on any atom is 0.172 e. The average molecular weight is 321 g/mol. The van der Waals surface area contributed by atoms with Gasteiger partial charge in [-0.25, -0.2) is 4.74 Å². The van der Waals surface area contributed by atoms with Gasteiger partial charge in [-0.2, -0.15) is 0 Å². The minimum absolute atomic E-state index is 0.763. The maximum atomic E-state index is 5.95. The monoisotopic (exact) mass is 321 g/mol. The van der Waals surface area contributed by atoms with Gasteiger partial charge in [-0.3, -0.25) is 9.34 Å². The van der Waals surface area contributed by atoms with E-state index in [1.807, 2.05) is 71.5 Å². The van der Waals surface area contributed by atoms with E-state index in [4.69, 9.17) is 13.9 Å². The molecule has 0 aliphatic heterocycles. The second-order valence-corrected chi connectivity index (χ2v) is 8.80. The minimum Gasteiger partial charge on any atom is -0.494 e. The van der Waals surface area contributed by atoms with E-state index >= 15 is 0 Å². The Morgan fingerprint density at radius 1 is 1.00 bits per heavy atom. The summed E-state index contributed by atoms with van der Waals surface area (Å²) in [6.07, 6.45) is 0. The fourth-order valence-electron chi connectivity index (χ4n) is 2.43. The van der Waals surface area contributed by atoms with Crippen LogP contribution in [0.4, 0.5) is 5.69 Å². The number of para-hydroxylation sites is 1. The SMILES string of the molecule is COc1ccccc1N=P(c1ccc(C)o1)(N(C)C)N(C)C. The van der Waals surface area contributed by atoms with Crippen LogP contribution in [0.15, 0.2) is 45.6 Å². The standard InChI is InChI=1S/C16H24N3O2P/c1-13-11-12-16(21-13)22(18(2)3,19(4)5)17-14-9-7-8-10-15(14)20-6/h7-12H,1-6H3. The quantitative estimate of drug-likeness (QED) is 0.787.